The minimum Gasteiger partial charge on any atom is -0.393 e. The Kier molecular flexibility index (Phi) is 4.04. The maximum Gasteiger partial charge on any atom is 0.175 e. The Morgan fingerprint density at radius 2 is 1.88 bits per heavy atom. The molecule has 1 aromatic carbocycles. The molecule has 1 rings (SSSR count). The van der Waals surface area contributed by atoms with E-state index in [1.807, 2.05) is 6.92 Å². The Labute approximate surface area is 102 Å². The van der Waals surface area contributed by atoms with Crippen molar-refractivity contribution in [3.05, 3.63) is 29.8 Å². The van der Waals surface area contributed by atoms with Gasteiger partial charge in [0.2, 0.25) is 0 Å². The van der Waals surface area contributed by atoms with Gasteiger partial charge in [-0.1, -0.05) is 31.3 Å². The van der Waals surface area contributed by atoms with Crippen LogP contribution in [-0.2, 0) is 16.3 Å². The number of nitrogens with two attached hydrogens (primary N) is 1. The molecule has 16 heavy (non-hydrogen) atoms. The molecule has 0 heterocycles. The molecule has 0 aliphatic rings. The van der Waals surface area contributed by atoms with Gasteiger partial charge in [-0.25, -0.2) is 8.42 Å². The van der Waals surface area contributed by atoms with Crippen LogP contribution in [0.25, 0.3) is 0 Å². The number of rotatable bonds is 4. The molecule has 0 bridgehead atoms. The Morgan fingerprint density at radius 3 is 2.25 bits per heavy atom. The number of hydrogen-bond acceptors (Lipinski definition) is 3. The van der Waals surface area contributed by atoms with E-state index in [4.69, 9.17) is 18.0 Å². The SMILES string of the molecule is CC(Cc1ccc(S(C)(=O)=O)cc1)C(N)=S. The van der Waals surface area contributed by atoms with E-state index < -0.39 is 9.84 Å². The predicted octanol–water partition coefficient (Wildman–Crippen LogP) is 1.55. The van der Waals surface area contributed by atoms with Crippen LogP contribution in [0.3, 0.4) is 0 Å². The van der Waals surface area contributed by atoms with Gasteiger partial charge in [0, 0.05) is 12.2 Å². The summed E-state index contributed by atoms with van der Waals surface area (Å²) < 4.78 is 22.5. The summed E-state index contributed by atoms with van der Waals surface area (Å²) in [5, 5.41) is 0. The van der Waals surface area contributed by atoms with Crippen LogP contribution in [0.2, 0.25) is 0 Å². The first-order valence-corrected chi connectivity index (χ1v) is 7.19. The normalized spacial score (nSPS) is 13.4. The van der Waals surface area contributed by atoms with Gasteiger partial charge in [-0.15, -0.1) is 0 Å². The first-order chi connectivity index (χ1) is 7.30. The molecule has 3 nitrogen and oxygen atoms in total. The average Bonchev–Trinajstić information content (AvgIpc) is 2.17. The summed E-state index contributed by atoms with van der Waals surface area (Å²) in [5.74, 6) is 0.124. The van der Waals surface area contributed by atoms with Crippen molar-refractivity contribution in [2.24, 2.45) is 11.7 Å². The van der Waals surface area contributed by atoms with Crippen molar-refractivity contribution >= 4 is 27.0 Å². The fraction of sp³-hybridized carbons (Fsp3) is 0.364. The lowest BCUT2D eigenvalue weighted by atomic mass is 10.0. The standard InChI is InChI=1S/C11H15NO2S2/c1-8(11(12)15)7-9-3-5-10(6-4-9)16(2,13)14/h3-6,8H,7H2,1-2H3,(H2,12,15). The Hall–Kier alpha value is -0.940. The molecule has 2 N–H and O–H groups in total. The summed E-state index contributed by atoms with van der Waals surface area (Å²) in [4.78, 5) is 0.811. The smallest absolute Gasteiger partial charge is 0.175 e. The lowest BCUT2D eigenvalue weighted by Gasteiger charge is -2.09. The average molecular weight is 257 g/mol. The minimum absolute atomic E-state index is 0.124. The molecule has 1 aromatic rings. The highest BCUT2D eigenvalue weighted by molar-refractivity contribution is 7.90. The van der Waals surface area contributed by atoms with E-state index in [0.717, 1.165) is 12.0 Å². The maximum absolute atomic E-state index is 11.2. The van der Waals surface area contributed by atoms with E-state index in [0.29, 0.717) is 9.88 Å². The molecule has 88 valence electrons. The van der Waals surface area contributed by atoms with E-state index in [1.54, 1.807) is 24.3 Å². The highest BCUT2D eigenvalue weighted by Crippen LogP contribution is 2.13. The number of thiocarbonyl (C=S) groups is 1. The Bertz CT molecular complexity index is 477. The number of hydrogen-bond donors (Lipinski definition) is 1. The lowest BCUT2D eigenvalue weighted by molar-refractivity contribution is 0.602. The van der Waals surface area contributed by atoms with Gasteiger partial charge >= 0.3 is 0 Å². The third-order valence-electron chi connectivity index (χ3n) is 2.38. The first kappa shape index (κ1) is 13.1. The molecule has 1 unspecified atom stereocenters. The zero-order valence-corrected chi connectivity index (χ0v) is 10.9. The molecule has 0 aromatic heterocycles. The lowest BCUT2D eigenvalue weighted by Crippen LogP contribution is -2.20. The van der Waals surface area contributed by atoms with Crippen molar-refractivity contribution < 1.29 is 8.42 Å². The van der Waals surface area contributed by atoms with Crippen LogP contribution in [-0.4, -0.2) is 19.7 Å². The molecule has 0 fully saturated rings. The van der Waals surface area contributed by atoms with E-state index >= 15 is 0 Å². The van der Waals surface area contributed by atoms with Gasteiger partial charge in [0.05, 0.1) is 9.88 Å². The van der Waals surface area contributed by atoms with Gasteiger partial charge in [0.25, 0.3) is 0 Å². The molecule has 0 saturated carbocycles. The van der Waals surface area contributed by atoms with Gasteiger partial charge in [-0.05, 0) is 24.1 Å². The van der Waals surface area contributed by atoms with Crippen molar-refractivity contribution in [3.63, 3.8) is 0 Å². The third-order valence-corrected chi connectivity index (χ3v) is 3.91. The molecule has 0 radical (unpaired) electrons. The quantitative estimate of drug-likeness (QED) is 0.832. The first-order valence-electron chi connectivity index (χ1n) is 4.89. The van der Waals surface area contributed by atoms with Gasteiger partial charge in [-0.3, -0.25) is 0 Å². The number of benzene rings is 1. The molecular formula is C11H15NO2S2. The summed E-state index contributed by atoms with van der Waals surface area (Å²) in [6.45, 7) is 1.95. The van der Waals surface area contributed by atoms with Gasteiger partial charge in [-0.2, -0.15) is 0 Å². The van der Waals surface area contributed by atoms with Gasteiger partial charge < -0.3 is 5.73 Å². The van der Waals surface area contributed by atoms with Crippen LogP contribution in [0.1, 0.15) is 12.5 Å². The van der Waals surface area contributed by atoms with E-state index in [1.165, 1.54) is 6.26 Å². The second kappa shape index (κ2) is 4.93. The topological polar surface area (TPSA) is 60.2 Å². The van der Waals surface area contributed by atoms with Crippen LogP contribution >= 0.6 is 12.2 Å². The van der Waals surface area contributed by atoms with Crippen molar-refractivity contribution in [2.75, 3.05) is 6.26 Å². The van der Waals surface area contributed by atoms with Crippen LogP contribution in [0.5, 0.6) is 0 Å². The van der Waals surface area contributed by atoms with Crippen LogP contribution in [0.15, 0.2) is 29.2 Å². The van der Waals surface area contributed by atoms with Gasteiger partial charge in [0.15, 0.2) is 9.84 Å². The van der Waals surface area contributed by atoms with E-state index in [2.05, 4.69) is 0 Å². The highest BCUT2D eigenvalue weighted by atomic mass is 32.2. The third kappa shape index (κ3) is 3.57. The maximum atomic E-state index is 11.2. The summed E-state index contributed by atoms with van der Waals surface area (Å²) >= 11 is 4.88. The molecule has 1 atom stereocenters. The zero-order valence-electron chi connectivity index (χ0n) is 9.30. The second-order valence-corrected chi connectivity index (χ2v) is 6.41. The summed E-state index contributed by atoms with van der Waals surface area (Å²) in [6.07, 6.45) is 1.93. The monoisotopic (exact) mass is 257 g/mol. The predicted molar refractivity (Wildman–Crippen MR) is 69.2 cm³/mol. The van der Waals surface area contributed by atoms with Crippen molar-refractivity contribution in [2.45, 2.75) is 18.2 Å². The Balaban J connectivity index is 2.84. The highest BCUT2D eigenvalue weighted by Gasteiger charge is 2.09. The fourth-order valence-corrected chi connectivity index (χ4v) is 2.04. The second-order valence-electron chi connectivity index (χ2n) is 3.92. The summed E-state index contributed by atoms with van der Waals surface area (Å²) in [5.41, 5.74) is 6.55. The van der Waals surface area contributed by atoms with E-state index in [9.17, 15) is 8.42 Å². The minimum atomic E-state index is -3.11. The van der Waals surface area contributed by atoms with Crippen molar-refractivity contribution in [1.29, 1.82) is 0 Å². The molecule has 0 amide bonds. The van der Waals surface area contributed by atoms with Crippen LogP contribution in [0.4, 0.5) is 0 Å². The Morgan fingerprint density at radius 1 is 1.38 bits per heavy atom. The zero-order chi connectivity index (χ0) is 12.3. The molecule has 0 spiro atoms. The molecule has 0 saturated heterocycles. The molecule has 0 aliphatic heterocycles. The fourth-order valence-electron chi connectivity index (χ4n) is 1.33. The van der Waals surface area contributed by atoms with E-state index in [-0.39, 0.29) is 5.92 Å². The van der Waals surface area contributed by atoms with Crippen LogP contribution < -0.4 is 5.73 Å². The van der Waals surface area contributed by atoms with Crippen molar-refractivity contribution in [1.82, 2.24) is 0 Å². The summed E-state index contributed by atoms with van der Waals surface area (Å²) in [7, 11) is -3.11. The molecule has 5 heteroatoms. The van der Waals surface area contributed by atoms with Crippen LogP contribution in [0, 0.1) is 5.92 Å². The van der Waals surface area contributed by atoms with Crippen molar-refractivity contribution in [3.8, 4) is 0 Å². The van der Waals surface area contributed by atoms with Gasteiger partial charge in [0.1, 0.15) is 0 Å². The molecular weight excluding hydrogens is 242 g/mol. The molecule has 0 aliphatic carbocycles. The largest absolute Gasteiger partial charge is 0.393 e. The number of sulfone groups is 1. The summed E-state index contributed by atoms with van der Waals surface area (Å²) in [6, 6.07) is 6.81.